The molecule has 0 bridgehead atoms. The molecule has 3 rings (SSSR count). The molecule has 9 nitrogen and oxygen atoms in total. The van der Waals surface area contributed by atoms with Crippen LogP contribution in [0.25, 0.3) is 0 Å². The number of nitrogens with zero attached hydrogens (tertiary/aromatic N) is 2. The van der Waals surface area contributed by atoms with E-state index in [1.165, 1.54) is 0 Å². The van der Waals surface area contributed by atoms with Gasteiger partial charge >= 0.3 is 12.0 Å². The van der Waals surface area contributed by atoms with Gasteiger partial charge < -0.3 is 14.7 Å². The van der Waals surface area contributed by atoms with Crippen LogP contribution in [0.2, 0.25) is 5.02 Å². The third-order valence-corrected chi connectivity index (χ3v) is 10.7. The lowest BCUT2D eigenvalue weighted by Crippen LogP contribution is -2.46. The molecule has 0 radical (unpaired) electrons. The normalized spacial score (nSPS) is 18.6. The molecule has 2 N–H and O–H groups in total. The Labute approximate surface area is 220 Å². The highest BCUT2D eigenvalue weighted by Crippen LogP contribution is 2.32. The van der Waals surface area contributed by atoms with Crippen LogP contribution >= 0.6 is 22.9 Å². The van der Waals surface area contributed by atoms with Crippen molar-refractivity contribution in [3.05, 3.63) is 41.0 Å². The van der Waals surface area contributed by atoms with E-state index in [-0.39, 0.29) is 15.4 Å². The van der Waals surface area contributed by atoms with Gasteiger partial charge in [0.05, 0.1) is 19.4 Å². The molecule has 198 valence electrons. The number of nitrogens with one attached hydrogen (secondary N) is 1. The molecule has 2 aromatic rings. The van der Waals surface area contributed by atoms with Gasteiger partial charge in [-0.15, -0.1) is 0 Å². The number of amides is 2. The van der Waals surface area contributed by atoms with Gasteiger partial charge in [-0.1, -0.05) is 48.1 Å². The maximum absolute atomic E-state index is 13.2. The zero-order valence-electron chi connectivity index (χ0n) is 20.6. The molecule has 1 aliphatic rings. The predicted molar refractivity (Wildman–Crippen MR) is 139 cm³/mol. The number of benzene rings is 1. The molecule has 0 aliphatic heterocycles. The number of sulfone groups is 1. The van der Waals surface area contributed by atoms with Gasteiger partial charge in [0, 0.05) is 17.6 Å². The first-order valence-corrected chi connectivity index (χ1v) is 14.4. The van der Waals surface area contributed by atoms with Crippen molar-refractivity contribution in [2.75, 3.05) is 18.5 Å². The van der Waals surface area contributed by atoms with Gasteiger partial charge in [-0.05, 0) is 57.1 Å². The molecule has 0 spiro atoms. The van der Waals surface area contributed by atoms with Crippen molar-refractivity contribution in [3.8, 4) is 0 Å². The fourth-order valence-electron chi connectivity index (χ4n) is 3.94. The molecular formula is C24H32ClN3O6S2. The van der Waals surface area contributed by atoms with E-state index in [1.54, 1.807) is 11.0 Å². The van der Waals surface area contributed by atoms with Crippen molar-refractivity contribution in [2.45, 2.75) is 68.1 Å². The Hall–Kier alpha value is -2.21. The molecule has 0 saturated heterocycles. The number of aliphatic carboxylic acids is 1. The summed E-state index contributed by atoms with van der Waals surface area (Å²) in [7, 11) is -4.19. The first kappa shape index (κ1) is 28.4. The van der Waals surface area contributed by atoms with Crippen LogP contribution in [-0.4, -0.2) is 59.3 Å². The number of hydrogen-bond donors (Lipinski definition) is 2. The molecule has 1 heterocycles. The van der Waals surface area contributed by atoms with Crippen molar-refractivity contribution in [1.29, 1.82) is 0 Å². The van der Waals surface area contributed by atoms with E-state index >= 15 is 0 Å². The van der Waals surface area contributed by atoms with Gasteiger partial charge in [0.15, 0.2) is 9.88 Å². The van der Waals surface area contributed by atoms with Gasteiger partial charge in [-0.2, -0.15) is 0 Å². The molecule has 12 heteroatoms. The first-order chi connectivity index (χ1) is 16.9. The standard InChI is InChI=1S/C24H32ClN3O6S2/c1-16-8-10-18(11-9-16)28(12-13-34-15-17-6-4-5-7-19(17)25)23(31)27-22-26-14-20(35-22)36(32,33)24(2,3)21(29)30/h4-7,14,16,18H,8-13,15H2,1-3H3,(H,29,30)(H,26,27,31). The molecule has 36 heavy (non-hydrogen) atoms. The zero-order chi connectivity index (χ0) is 26.5. The highest BCUT2D eigenvalue weighted by Gasteiger charge is 2.44. The fourth-order valence-corrected chi connectivity index (χ4v) is 6.89. The molecule has 2 amide bonds. The highest BCUT2D eigenvalue weighted by molar-refractivity contribution is 7.95. The molecule has 1 saturated carbocycles. The number of hydrogen-bond acceptors (Lipinski definition) is 7. The minimum atomic E-state index is -4.19. The SMILES string of the molecule is CC1CCC(N(CCOCc2ccccc2Cl)C(=O)Nc2ncc(S(=O)(=O)C(C)(C)C(=O)O)s2)CC1. The lowest BCUT2D eigenvalue weighted by Gasteiger charge is -2.36. The lowest BCUT2D eigenvalue weighted by atomic mass is 9.86. The van der Waals surface area contributed by atoms with Crippen molar-refractivity contribution >= 4 is 49.9 Å². The summed E-state index contributed by atoms with van der Waals surface area (Å²) in [6.45, 7) is 5.41. The first-order valence-electron chi connectivity index (χ1n) is 11.8. The summed E-state index contributed by atoms with van der Waals surface area (Å²) in [4.78, 5) is 30.4. The minimum Gasteiger partial charge on any atom is -0.480 e. The topological polar surface area (TPSA) is 126 Å². The second-order valence-electron chi connectivity index (χ2n) is 9.48. The van der Waals surface area contributed by atoms with Crippen molar-refractivity contribution in [3.63, 3.8) is 0 Å². The summed E-state index contributed by atoms with van der Waals surface area (Å²) < 4.78 is 29.1. The monoisotopic (exact) mass is 557 g/mol. The fraction of sp³-hybridized carbons (Fsp3) is 0.542. The second-order valence-corrected chi connectivity index (χ2v) is 13.6. The summed E-state index contributed by atoms with van der Waals surface area (Å²) in [6, 6.07) is 7.04. The maximum Gasteiger partial charge on any atom is 0.324 e. The van der Waals surface area contributed by atoms with E-state index < -0.39 is 26.6 Å². The van der Waals surface area contributed by atoms with E-state index in [9.17, 15) is 23.1 Å². The Balaban J connectivity index is 1.68. The van der Waals surface area contributed by atoms with Crippen LogP contribution in [0, 0.1) is 5.92 Å². The van der Waals surface area contributed by atoms with E-state index in [2.05, 4.69) is 17.2 Å². The number of anilines is 1. The third kappa shape index (κ3) is 6.56. The van der Waals surface area contributed by atoms with E-state index in [1.807, 2.05) is 18.2 Å². The Morgan fingerprint density at radius 3 is 2.56 bits per heavy atom. The quantitative estimate of drug-likeness (QED) is 0.391. The summed E-state index contributed by atoms with van der Waals surface area (Å²) in [5, 5.41) is 12.7. The number of aromatic nitrogens is 1. The van der Waals surface area contributed by atoms with E-state index in [0.717, 1.165) is 62.6 Å². The van der Waals surface area contributed by atoms with Gasteiger partial charge in [0.25, 0.3) is 0 Å². The smallest absolute Gasteiger partial charge is 0.324 e. The van der Waals surface area contributed by atoms with Gasteiger partial charge in [-0.3, -0.25) is 10.1 Å². The maximum atomic E-state index is 13.2. The number of halogens is 1. The summed E-state index contributed by atoms with van der Waals surface area (Å²) in [6.07, 6.45) is 4.84. The molecule has 1 fully saturated rings. The van der Waals surface area contributed by atoms with Crippen LogP contribution < -0.4 is 5.32 Å². The number of carbonyl (C=O) groups is 2. The van der Waals surface area contributed by atoms with Crippen LogP contribution in [0.5, 0.6) is 0 Å². The Bertz CT molecular complexity index is 1180. The van der Waals surface area contributed by atoms with E-state index in [0.29, 0.717) is 30.7 Å². The Morgan fingerprint density at radius 1 is 1.25 bits per heavy atom. The number of carboxylic acid groups (broad SMARTS) is 1. The van der Waals surface area contributed by atoms with E-state index in [4.69, 9.17) is 16.3 Å². The van der Waals surface area contributed by atoms with Crippen LogP contribution in [-0.2, 0) is 26.0 Å². The van der Waals surface area contributed by atoms with Crippen LogP contribution in [0.15, 0.2) is 34.7 Å². The average Bonchev–Trinajstić information content (AvgIpc) is 3.30. The van der Waals surface area contributed by atoms with Gasteiger partial charge in [0.1, 0.15) is 4.21 Å². The molecular weight excluding hydrogens is 526 g/mol. The molecule has 0 atom stereocenters. The number of rotatable bonds is 10. The number of carbonyl (C=O) groups excluding carboxylic acids is 1. The molecule has 1 aromatic carbocycles. The van der Waals surface area contributed by atoms with Crippen molar-refractivity contribution < 1.29 is 27.9 Å². The molecule has 0 unspecified atom stereocenters. The predicted octanol–water partition coefficient (Wildman–Crippen LogP) is 5.06. The summed E-state index contributed by atoms with van der Waals surface area (Å²) in [5.74, 6) is -0.858. The number of ether oxygens (including phenoxy) is 1. The number of carboxylic acids is 1. The average molecular weight is 558 g/mol. The molecule has 1 aliphatic carbocycles. The Morgan fingerprint density at radius 2 is 1.92 bits per heavy atom. The summed E-state index contributed by atoms with van der Waals surface area (Å²) >= 11 is 6.92. The number of urea groups is 1. The highest BCUT2D eigenvalue weighted by atomic mass is 35.5. The minimum absolute atomic E-state index is 0.0271. The van der Waals surface area contributed by atoms with Gasteiger partial charge in [0.2, 0.25) is 9.84 Å². The van der Waals surface area contributed by atoms with Crippen molar-refractivity contribution in [1.82, 2.24) is 9.88 Å². The zero-order valence-corrected chi connectivity index (χ0v) is 23.0. The van der Waals surface area contributed by atoms with Crippen LogP contribution in [0.1, 0.15) is 52.0 Å². The van der Waals surface area contributed by atoms with Gasteiger partial charge in [-0.25, -0.2) is 18.2 Å². The van der Waals surface area contributed by atoms with Crippen LogP contribution in [0.4, 0.5) is 9.93 Å². The third-order valence-electron chi connectivity index (χ3n) is 6.53. The van der Waals surface area contributed by atoms with Crippen LogP contribution in [0.3, 0.4) is 0 Å². The molecule has 1 aromatic heterocycles. The second kappa shape index (κ2) is 11.9. The largest absolute Gasteiger partial charge is 0.480 e. The Kier molecular flexibility index (Phi) is 9.37. The summed E-state index contributed by atoms with van der Waals surface area (Å²) in [5.41, 5.74) is 0.863. The lowest BCUT2D eigenvalue weighted by molar-refractivity contribution is -0.139. The van der Waals surface area contributed by atoms with Crippen molar-refractivity contribution in [2.24, 2.45) is 5.92 Å². The number of thiazole rings is 1.